The highest BCUT2D eigenvalue weighted by Crippen LogP contribution is 2.13. The summed E-state index contributed by atoms with van der Waals surface area (Å²) >= 11 is 0. The molecule has 5 nitrogen and oxygen atoms in total. The Kier molecular flexibility index (Phi) is 1.66. The number of aromatic nitrogens is 2. The van der Waals surface area contributed by atoms with Crippen molar-refractivity contribution in [3.05, 3.63) is 22.0 Å². The Labute approximate surface area is 57.2 Å². The summed E-state index contributed by atoms with van der Waals surface area (Å²) in [7, 11) is 0. The zero-order valence-electron chi connectivity index (χ0n) is 5.50. The van der Waals surface area contributed by atoms with Gasteiger partial charge in [-0.15, -0.1) is 0 Å². The lowest BCUT2D eigenvalue weighted by Crippen LogP contribution is -1.90. The van der Waals surface area contributed by atoms with E-state index in [-0.39, 0.29) is 5.69 Å². The Hall–Kier alpha value is -1.39. The lowest BCUT2D eigenvalue weighted by molar-refractivity contribution is -0.385. The number of hydrogen-bond acceptors (Lipinski definition) is 3. The van der Waals surface area contributed by atoms with Crippen molar-refractivity contribution in [1.29, 1.82) is 0 Å². The van der Waals surface area contributed by atoms with Gasteiger partial charge in [0.1, 0.15) is 11.9 Å². The molecule has 54 valence electrons. The van der Waals surface area contributed by atoms with Crippen molar-refractivity contribution in [1.82, 2.24) is 10.2 Å². The second-order valence-electron chi connectivity index (χ2n) is 1.84. The molecule has 0 radical (unpaired) electrons. The molecule has 0 aromatic carbocycles. The van der Waals surface area contributed by atoms with E-state index < -0.39 is 4.92 Å². The fraction of sp³-hybridized carbons (Fsp3) is 0.400. The maximum atomic E-state index is 10.2. The van der Waals surface area contributed by atoms with E-state index in [4.69, 9.17) is 0 Å². The summed E-state index contributed by atoms with van der Waals surface area (Å²) in [5, 5.41) is 16.3. The lowest BCUT2D eigenvalue weighted by atomic mass is 10.3. The highest BCUT2D eigenvalue weighted by Gasteiger charge is 2.12. The third-order valence-electron chi connectivity index (χ3n) is 1.25. The van der Waals surface area contributed by atoms with Crippen molar-refractivity contribution in [2.45, 2.75) is 13.3 Å². The highest BCUT2D eigenvalue weighted by atomic mass is 16.6. The highest BCUT2D eigenvalue weighted by molar-refractivity contribution is 5.31. The molecule has 0 aliphatic rings. The first-order chi connectivity index (χ1) is 4.75. The number of nitrogens with zero attached hydrogens (tertiary/aromatic N) is 2. The van der Waals surface area contributed by atoms with Gasteiger partial charge < -0.3 is 0 Å². The smallest absolute Gasteiger partial charge is 0.275 e. The van der Waals surface area contributed by atoms with Gasteiger partial charge in [0.05, 0.1) is 4.92 Å². The van der Waals surface area contributed by atoms with Crippen molar-refractivity contribution in [2.24, 2.45) is 0 Å². The molecule has 0 amide bonds. The molecule has 1 heterocycles. The van der Waals surface area contributed by atoms with Gasteiger partial charge in [0, 0.05) is 0 Å². The van der Waals surface area contributed by atoms with Gasteiger partial charge in [0.25, 0.3) is 0 Å². The molecule has 0 spiro atoms. The molecule has 0 fully saturated rings. The third-order valence-corrected chi connectivity index (χ3v) is 1.25. The van der Waals surface area contributed by atoms with Gasteiger partial charge in [-0.3, -0.25) is 15.2 Å². The molecule has 0 atom stereocenters. The molecule has 0 aliphatic carbocycles. The maximum Gasteiger partial charge on any atom is 0.309 e. The summed E-state index contributed by atoms with van der Waals surface area (Å²) in [6.45, 7) is 1.83. The molecule has 1 rings (SSSR count). The minimum absolute atomic E-state index is 0.0718. The number of aromatic amines is 1. The average molecular weight is 141 g/mol. The molecule has 0 saturated carbocycles. The molecule has 0 aliphatic heterocycles. The summed E-state index contributed by atoms with van der Waals surface area (Å²) in [5.41, 5.74) is 0.646. The van der Waals surface area contributed by atoms with Gasteiger partial charge in [-0.1, -0.05) is 6.92 Å². The molecular weight excluding hydrogens is 134 g/mol. The van der Waals surface area contributed by atoms with E-state index in [1.54, 1.807) is 0 Å². The standard InChI is InChI=1S/C5H7N3O2/c1-2-4-5(8(9)10)3-6-7-4/h3H,2H2,1H3,(H,6,7). The normalized spacial score (nSPS) is 9.70. The van der Waals surface area contributed by atoms with Gasteiger partial charge in [-0.05, 0) is 6.42 Å². The lowest BCUT2D eigenvalue weighted by Gasteiger charge is -1.87. The molecule has 1 aromatic heterocycles. The molecule has 0 bridgehead atoms. The zero-order valence-corrected chi connectivity index (χ0v) is 5.50. The van der Waals surface area contributed by atoms with Gasteiger partial charge in [0.15, 0.2) is 0 Å². The number of hydrogen-bond donors (Lipinski definition) is 1. The molecule has 0 unspecified atom stereocenters. The summed E-state index contributed by atoms with van der Waals surface area (Å²) in [6, 6.07) is 0. The SMILES string of the molecule is CCc1[nH]ncc1[N+](=O)[O-]. The minimum atomic E-state index is -0.442. The van der Waals surface area contributed by atoms with Crippen LogP contribution in [0.5, 0.6) is 0 Å². The van der Waals surface area contributed by atoms with Crippen LogP contribution in [-0.4, -0.2) is 15.1 Å². The largest absolute Gasteiger partial charge is 0.309 e. The Morgan fingerprint density at radius 2 is 2.60 bits per heavy atom. The summed E-state index contributed by atoms with van der Waals surface area (Å²) in [5.74, 6) is 0. The summed E-state index contributed by atoms with van der Waals surface area (Å²) in [4.78, 5) is 9.75. The van der Waals surface area contributed by atoms with E-state index in [1.165, 1.54) is 6.20 Å². The van der Waals surface area contributed by atoms with E-state index in [0.29, 0.717) is 12.1 Å². The summed E-state index contributed by atoms with van der Waals surface area (Å²) < 4.78 is 0. The Morgan fingerprint density at radius 3 is 3.00 bits per heavy atom. The number of aryl methyl sites for hydroxylation is 1. The van der Waals surface area contributed by atoms with Crippen LogP contribution in [0.25, 0.3) is 0 Å². The minimum Gasteiger partial charge on any atom is -0.275 e. The number of H-pyrrole nitrogens is 1. The topological polar surface area (TPSA) is 71.8 Å². The molecular formula is C5H7N3O2. The van der Waals surface area contributed by atoms with Crippen LogP contribution in [0.3, 0.4) is 0 Å². The van der Waals surface area contributed by atoms with E-state index in [0.717, 1.165) is 0 Å². The van der Waals surface area contributed by atoms with Crippen LogP contribution in [0.2, 0.25) is 0 Å². The van der Waals surface area contributed by atoms with Crippen LogP contribution in [0.15, 0.2) is 6.20 Å². The Morgan fingerprint density at radius 1 is 1.90 bits per heavy atom. The van der Waals surface area contributed by atoms with Crippen LogP contribution in [0, 0.1) is 10.1 Å². The van der Waals surface area contributed by atoms with Gasteiger partial charge in [0.2, 0.25) is 0 Å². The van der Waals surface area contributed by atoms with Crippen LogP contribution in [0.4, 0.5) is 5.69 Å². The molecule has 1 N–H and O–H groups in total. The van der Waals surface area contributed by atoms with Crippen LogP contribution in [0.1, 0.15) is 12.6 Å². The first kappa shape index (κ1) is 6.73. The number of nitrogens with one attached hydrogen (secondary N) is 1. The van der Waals surface area contributed by atoms with Crippen molar-refractivity contribution >= 4 is 5.69 Å². The van der Waals surface area contributed by atoms with Crippen molar-refractivity contribution in [2.75, 3.05) is 0 Å². The van der Waals surface area contributed by atoms with Crippen LogP contribution >= 0.6 is 0 Å². The molecule has 1 aromatic rings. The fourth-order valence-corrected chi connectivity index (χ4v) is 0.724. The number of nitro groups is 1. The summed E-state index contributed by atoms with van der Waals surface area (Å²) in [6.07, 6.45) is 1.83. The predicted molar refractivity (Wildman–Crippen MR) is 34.6 cm³/mol. The van der Waals surface area contributed by atoms with E-state index in [2.05, 4.69) is 10.2 Å². The van der Waals surface area contributed by atoms with Gasteiger partial charge in [-0.25, -0.2) is 0 Å². The quantitative estimate of drug-likeness (QED) is 0.490. The molecule has 5 heteroatoms. The second kappa shape index (κ2) is 2.47. The average Bonchev–Trinajstić information content (AvgIpc) is 2.33. The van der Waals surface area contributed by atoms with E-state index in [1.807, 2.05) is 6.92 Å². The van der Waals surface area contributed by atoms with Crippen molar-refractivity contribution < 1.29 is 4.92 Å². The third kappa shape index (κ3) is 0.975. The van der Waals surface area contributed by atoms with Crippen LogP contribution < -0.4 is 0 Å². The van der Waals surface area contributed by atoms with E-state index >= 15 is 0 Å². The first-order valence-electron chi connectivity index (χ1n) is 2.92. The zero-order chi connectivity index (χ0) is 7.56. The van der Waals surface area contributed by atoms with Gasteiger partial charge >= 0.3 is 5.69 Å². The predicted octanol–water partition coefficient (Wildman–Crippen LogP) is 0.880. The van der Waals surface area contributed by atoms with Crippen molar-refractivity contribution in [3.63, 3.8) is 0 Å². The second-order valence-corrected chi connectivity index (χ2v) is 1.84. The number of rotatable bonds is 2. The van der Waals surface area contributed by atoms with Crippen LogP contribution in [-0.2, 0) is 6.42 Å². The maximum absolute atomic E-state index is 10.2. The van der Waals surface area contributed by atoms with E-state index in [9.17, 15) is 10.1 Å². The monoisotopic (exact) mass is 141 g/mol. The fourth-order valence-electron chi connectivity index (χ4n) is 0.724. The molecule has 0 saturated heterocycles. The molecule has 10 heavy (non-hydrogen) atoms. The Bertz CT molecular complexity index is 243. The van der Waals surface area contributed by atoms with Crippen molar-refractivity contribution in [3.8, 4) is 0 Å². The van der Waals surface area contributed by atoms with Gasteiger partial charge in [-0.2, -0.15) is 5.10 Å². The Balaban J connectivity index is 3.01. The first-order valence-corrected chi connectivity index (χ1v) is 2.92.